The van der Waals surface area contributed by atoms with Gasteiger partial charge in [0.1, 0.15) is 5.76 Å². The summed E-state index contributed by atoms with van der Waals surface area (Å²) in [5.74, 6) is 1.86. The summed E-state index contributed by atoms with van der Waals surface area (Å²) in [6, 6.07) is 6.04. The maximum Gasteiger partial charge on any atom is 0.113 e. The number of hydrogen-bond acceptors (Lipinski definition) is 4. The van der Waals surface area contributed by atoms with Crippen LogP contribution < -0.4 is 5.73 Å². The van der Waals surface area contributed by atoms with Crippen molar-refractivity contribution in [1.82, 2.24) is 0 Å². The highest BCUT2D eigenvalue weighted by molar-refractivity contribution is 9.10. The number of furan rings is 1. The quantitative estimate of drug-likeness (QED) is 0.904. The van der Waals surface area contributed by atoms with Crippen LogP contribution in [0.25, 0.3) is 0 Å². The largest absolute Gasteiger partial charge is 0.468 e. The van der Waals surface area contributed by atoms with E-state index < -0.39 is 0 Å². The van der Waals surface area contributed by atoms with Crippen molar-refractivity contribution in [2.45, 2.75) is 11.0 Å². The highest BCUT2D eigenvalue weighted by Crippen LogP contribution is 2.35. The lowest BCUT2D eigenvalue weighted by atomic mass is 10.3. The maximum absolute atomic E-state index is 5.79. The molecule has 0 aliphatic carbocycles. The third-order valence-electron chi connectivity index (χ3n) is 2.13. The van der Waals surface area contributed by atoms with Crippen LogP contribution in [0.5, 0.6) is 0 Å². The zero-order valence-electron chi connectivity index (χ0n) is 8.56. The molecule has 0 radical (unpaired) electrons. The van der Waals surface area contributed by atoms with Crippen LogP contribution in [0.3, 0.4) is 0 Å². The summed E-state index contributed by atoms with van der Waals surface area (Å²) in [5.41, 5.74) is 5.79. The van der Waals surface area contributed by atoms with Gasteiger partial charge in [-0.05, 0) is 34.1 Å². The molecule has 0 saturated heterocycles. The van der Waals surface area contributed by atoms with Crippen LogP contribution in [0, 0.1) is 0 Å². The number of hydrogen-bond donors (Lipinski definition) is 1. The minimum Gasteiger partial charge on any atom is -0.468 e. The van der Waals surface area contributed by atoms with Gasteiger partial charge in [0.2, 0.25) is 0 Å². The molecule has 0 bridgehead atoms. The molecule has 2 nitrogen and oxygen atoms in total. The Morgan fingerprint density at radius 1 is 1.56 bits per heavy atom. The van der Waals surface area contributed by atoms with E-state index in [1.807, 2.05) is 23.9 Å². The molecule has 0 saturated carbocycles. The number of thioether (sulfide) groups is 1. The Hall–Kier alpha value is -0.230. The standard InChI is InChI=1S/C11H12BrNOS2/c12-8-4-10(15-6-8)11(5-13)16-7-9-2-1-3-14-9/h1-4,6,11H,5,7,13H2. The molecule has 2 N–H and O–H groups in total. The summed E-state index contributed by atoms with van der Waals surface area (Å²) in [4.78, 5) is 1.31. The fourth-order valence-corrected chi connectivity index (χ4v) is 4.05. The Morgan fingerprint density at radius 2 is 2.44 bits per heavy atom. The Labute approximate surface area is 111 Å². The number of thiophene rings is 1. The van der Waals surface area contributed by atoms with Crippen molar-refractivity contribution in [3.63, 3.8) is 0 Å². The van der Waals surface area contributed by atoms with Crippen molar-refractivity contribution < 1.29 is 4.42 Å². The van der Waals surface area contributed by atoms with Crippen LogP contribution in [-0.4, -0.2) is 6.54 Å². The van der Waals surface area contributed by atoms with Crippen LogP contribution in [-0.2, 0) is 5.75 Å². The Kier molecular flexibility index (Phi) is 4.52. The second-order valence-corrected chi connectivity index (χ2v) is 6.33. The first-order valence-corrected chi connectivity index (χ1v) is 7.59. The molecule has 16 heavy (non-hydrogen) atoms. The van der Waals surface area contributed by atoms with Crippen LogP contribution in [0.4, 0.5) is 0 Å². The SMILES string of the molecule is NCC(SCc1ccco1)c1cc(Br)cs1. The lowest BCUT2D eigenvalue weighted by molar-refractivity contribution is 0.530. The lowest BCUT2D eigenvalue weighted by Gasteiger charge is -2.11. The van der Waals surface area contributed by atoms with Gasteiger partial charge in [-0.2, -0.15) is 0 Å². The molecule has 0 aliphatic rings. The fourth-order valence-electron chi connectivity index (χ4n) is 1.34. The molecule has 2 aromatic rings. The second-order valence-electron chi connectivity index (χ2n) is 3.28. The third kappa shape index (κ3) is 3.13. The monoisotopic (exact) mass is 317 g/mol. The molecule has 5 heteroatoms. The average molecular weight is 318 g/mol. The van der Waals surface area contributed by atoms with Gasteiger partial charge in [0.25, 0.3) is 0 Å². The van der Waals surface area contributed by atoms with Gasteiger partial charge in [-0.25, -0.2) is 0 Å². The van der Waals surface area contributed by atoms with Crippen molar-refractivity contribution in [1.29, 1.82) is 0 Å². The fraction of sp³-hybridized carbons (Fsp3) is 0.273. The highest BCUT2D eigenvalue weighted by Gasteiger charge is 2.13. The van der Waals surface area contributed by atoms with Crippen molar-refractivity contribution in [3.8, 4) is 0 Å². The topological polar surface area (TPSA) is 39.2 Å². The first-order chi connectivity index (χ1) is 7.79. The van der Waals surface area contributed by atoms with E-state index in [0.29, 0.717) is 11.8 Å². The van der Waals surface area contributed by atoms with Gasteiger partial charge in [-0.1, -0.05) is 0 Å². The molecule has 2 rings (SSSR count). The predicted molar refractivity (Wildman–Crippen MR) is 73.8 cm³/mol. The van der Waals surface area contributed by atoms with Crippen molar-refractivity contribution >= 4 is 39.0 Å². The molecular formula is C11H12BrNOS2. The van der Waals surface area contributed by atoms with E-state index in [4.69, 9.17) is 10.2 Å². The van der Waals surface area contributed by atoms with Crippen LogP contribution in [0.15, 0.2) is 38.7 Å². The first kappa shape index (κ1) is 12.2. The highest BCUT2D eigenvalue weighted by atomic mass is 79.9. The number of halogens is 1. The summed E-state index contributed by atoms with van der Waals surface area (Å²) in [6.07, 6.45) is 1.70. The van der Waals surface area contributed by atoms with Crippen LogP contribution >= 0.6 is 39.0 Å². The minimum atomic E-state index is 0.349. The summed E-state index contributed by atoms with van der Waals surface area (Å²) in [5, 5.41) is 2.44. The average Bonchev–Trinajstić information content (AvgIpc) is 2.91. The van der Waals surface area contributed by atoms with Crippen molar-refractivity contribution in [3.05, 3.63) is 45.0 Å². The smallest absolute Gasteiger partial charge is 0.113 e. The van der Waals surface area contributed by atoms with Gasteiger partial charge in [-0.3, -0.25) is 0 Å². The van der Waals surface area contributed by atoms with E-state index in [1.54, 1.807) is 17.6 Å². The molecule has 0 aromatic carbocycles. The van der Waals surface area contributed by atoms with E-state index in [-0.39, 0.29) is 0 Å². The first-order valence-electron chi connectivity index (χ1n) is 4.87. The normalized spacial score (nSPS) is 12.9. The zero-order chi connectivity index (χ0) is 11.4. The molecule has 0 amide bonds. The zero-order valence-corrected chi connectivity index (χ0v) is 11.8. The third-order valence-corrected chi connectivity index (χ3v) is 5.38. The predicted octanol–water partition coefficient (Wildman–Crippen LogP) is 4.04. The Balaban J connectivity index is 1.96. The summed E-state index contributed by atoms with van der Waals surface area (Å²) in [7, 11) is 0. The van der Waals surface area contributed by atoms with Gasteiger partial charge >= 0.3 is 0 Å². The van der Waals surface area contributed by atoms with Crippen molar-refractivity contribution in [2.75, 3.05) is 6.54 Å². The summed E-state index contributed by atoms with van der Waals surface area (Å²) >= 11 is 7.02. The van der Waals surface area contributed by atoms with E-state index in [9.17, 15) is 0 Å². The Bertz CT molecular complexity index is 427. The molecule has 0 fully saturated rings. The maximum atomic E-state index is 5.79. The van der Waals surface area contributed by atoms with E-state index in [0.717, 1.165) is 16.0 Å². The summed E-state index contributed by atoms with van der Waals surface area (Å²) in [6.45, 7) is 0.651. The molecular weight excluding hydrogens is 306 g/mol. The lowest BCUT2D eigenvalue weighted by Crippen LogP contribution is -2.08. The molecule has 1 atom stereocenters. The van der Waals surface area contributed by atoms with E-state index in [1.165, 1.54) is 4.88 Å². The molecule has 1 unspecified atom stereocenters. The van der Waals surface area contributed by atoms with Gasteiger partial charge in [0.15, 0.2) is 0 Å². The molecule has 2 heterocycles. The Morgan fingerprint density at radius 3 is 3.00 bits per heavy atom. The molecule has 2 aromatic heterocycles. The number of rotatable bonds is 5. The van der Waals surface area contributed by atoms with Gasteiger partial charge < -0.3 is 10.2 Å². The molecule has 86 valence electrons. The van der Waals surface area contributed by atoms with Gasteiger partial charge in [0, 0.05) is 21.3 Å². The summed E-state index contributed by atoms with van der Waals surface area (Å²) < 4.78 is 6.43. The van der Waals surface area contributed by atoms with Crippen LogP contribution in [0.2, 0.25) is 0 Å². The van der Waals surface area contributed by atoms with Crippen molar-refractivity contribution in [2.24, 2.45) is 5.73 Å². The van der Waals surface area contributed by atoms with Crippen LogP contribution in [0.1, 0.15) is 15.9 Å². The van der Waals surface area contributed by atoms with Gasteiger partial charge in [-0.15, -0.1) is 23.1 Å². The van der Waals surface area contributed by atoms with Gasteiger partial charge in [0.05, 0.1) is 17.3 Å². The van der Waals surface area contributed by atoms with E-state index >= 15 is 0 Å². The van der Waals surface area contributed by atoms with E-state index in [2.05, 4.69) is 27.4 Å². The molecule has 0 spiro atoms. The number of nitrogens with two attached hydrogens (primary N) is 1. The second kappa shape index (κ2) is 5.91. The molecule has 0 aliphatic heterocycles. The minimum absolute atomic E-state index is 0.349.